The van der Waals surface area contributed by atoms with Crippen molar-refractivity contribution in [1.82, 2.24) is 0 Å². The highest BCUT2D eigenvalue weighted by Crippen LogP contribution is 2.25. The van der Waals surface area contributed by atoms with E-state index in [2.05, 4.69) is 71.4 Å². The van der Waals surface area contributed by atoms with Crippen molar-refractivity contribution in [3.63, 3.8) is 0 Å². The lowest BCUT2D eigenvalue weighted by Crippen LogP contribution is -2.21. The van der Waals surface area contributed by atoms with Crippen LogP contribution in [0.15, 0.2) is 77.8 Å². The van der Waals surface area contributed by atoms with Gasteiger partial charge in [-0.05, 0) is 54.8 Å². The van der Waals surface area contributed by atoms with Crippen molar-refractivity contribution in [2.45, 2.75) is 20.4 Å². The number of hydrogen-bond acceptors (Lipinski definition) is 2. The quantitative estimate of drug-likeness (QED) is 0.461. The summed E-state index contributed by atoms with van der Waals surface area (Å²) in [4.78, 5) is 6.93. The number of nitrogens with zero attached hydrogens (tertiary/aromatic N) is 2. The van der Waals surface area contributed by atoms with Crippen LogP contribution in [0.25, 0.3) is 0 Å². The maximum absolute atomic E-state index is 6.15. The van der Waals surface area contributed by atoms with Gasteiger partial charge in [0.15, 0.2) is 0 Å². The fourth-order valence-corrected chi connectivity index (χ4v) is 3.01. The van der Waals surface area contributed by atoms with Crippen LogP contribution in [0.3, 0.4) is 0 Å². The first-order valence-corrected chi connectivity index (χ1v) is 9.23. The Morgan fingerprint density at radius 2 is 1.65 bits per heavy atom. The Labute approximate surface area is 160 Å². The van der Waals surface area contributed by atoms with Gasteiger partial charge >= 0.3 is 0 Å². The van der Waals surface area contributed by atoms with E-state index in [1.54, 1.807) is 0 Å². The molecule has 0 fully saturated rings. The first-order chi connectivity index (χ1) is 12.7. The zero-order valence-corrected chi connectivity index (χ0v) is 15.9. The molecule has 0 spiro atoms. The van der Waals surface area contributed by atoms with E-state index in [-0.39, 0.29) is 0 Å². The van der Waals surface area contributed by atoms with Gasteiger partial charge in [0.2, 0.25) is 0 Å². The summed E-state index contributed by atoms with van der Waals surface area (Å²) >= 11 is 6.15. The lowest BCUT2D eigenvalue weighted by Gasteiger charge is -2.23. The molecule has 0 bridgehead atoms. The Morgan fingerprint density at radius 1 is 0.923 bits per heavy atom. The number of rotatable bonds is 6. The molecule has 3 heteroatoms. The van der Waals surface area contributed by atoms with Crippen LogP contribution >= 0.6 is 11.6 Å². The Bertz CT molecular complexity index is 870. The molecule has 0 saturated heterocycles. The lowest BCUT2D eigenvalue weighted by atomic mass is 10.1. The highest BCUT2D eigenvalue weighted by molar-refractivity contribution is 6.31. The van der Waals surface area contributed by atoms with Gasteiger partial charge in [-0.1, -0.05) is 60.1 Å². The molecule has 0 aliphatic rings. The molecule has 0 unspecified atom stereocenters. The monoisotopic (exact) mass is 362 g/mol. The standard InChI is InChI=1S/C23H23ClN2/c1-3-26(17-20-8-5-4-6-9-20)21-14-12-19(13-15-21)16-25-23-11-7-10-22(24)18(23)2/h4-16H,3,17H2,1-2H3. The van der Waals surface area contributed by atoms with E-state index in [9.17, 15) is 0 Å². The van der Waals surface area contributed by atoms with Gasteiger partial charge in [-0.25, -0.2) is 0 Å². The molecular weight excluding hydrogens is 340 g/mol. The van der Waals surface area contributed by atoms with E-state index in [4.69, 9.17) is 11.6 Å². The summed E-state index contributed by atoms with van der Waals surface area (Å²) < 4.78 is 0. The maximum atomic E-state index is 6.15. The number of hydrogen-bond donors (Lipinski definition) is 0. The van der Waals surface area contributed by atoms with Gasteiger partial charge < -0.3 is 4.90 Å². The average molecular weight is 363 g/mol. The van der Waals surface area contributed by atoms with E-state index in [1.807, 2.05) is 31.3 Å². The van der Waals surface area contributed by atoms with E-state index in [1.165, 1.54) is 11.3 Å². The normalized spacial score (nSPS) is 11.0. The first kappa shape index (κ1) is 18.2. The molecule has 0 radical (unpaired) electrons. The molecule has 3 rings (SSSR count). The van der Waals surface area contributed by atoms with Gasteiger partial charge in [-0.15, -0.1) is 0 Å². The third-order valence-electron chi connectivity index (χ3n) is 4.45. The number of aliphatic imine (C=N–C) groups is 1. The fourth-order valence-electron chi connectivity index (χ4n) is 2.84. The Balaban J connectivity index is 1.73. The van der Waals surface area contributed by atoms with Crippen LogP contribution in [-0.4, -0.2) is 12.8 Å². The van der Waals surface area contributed by atoms with Crippen molar-refractivity contribution >= 4 is 29.2 Å². The zero-order valence-electron chi connectivity index (χ0n) is 15.2. The van der Waals surface area contributed by atoms with Crippen molar-refractivity contribution in [1.29, 1.82) is 0 Å². The molecule has 3 aromatic rings. The molecule has 2 nitrogen and oxygen atoms in total. The summed E-state index contributed by atoms with van der Waals surface area (Å²) in [6.45, 7) is 6.04. The van der Waals surface area contributed by atoms with E-state index >= 15 is 0 Å². The molecule has 26 heavy (non-hydrogen) atoms. The largest absolute Gasteiger partial charge is 0.367 e. The third kappa shape index (κ3) is 4.53. The molecule has 0 N–H and O–H groups in total. The molecule has 132 valence electrons. The van der Waals surface area contributed by atoms with E-state index < -0.39 is 0 Å². The summed E-state index contributed by atoms with van der Waals surface area (Å²) in [5.74, 6) is 0. The Hall–Kier alpha value is -2.58. The van der Waals surface area contributed by atoms with Crippen molar-refractivity contribution in [3.05, 3.63) is 94.5 Å². The lowest BCUT2D eigenvalue weighted by molar-refractivity contribution is 0.832. The number of halogens is 1. The van der Waals surface area contributed by atoms with E-state index in [0.717, 1.165) is 34.9 Å². The van der Waals surface area contributed by atoms with Crippen molar-refractivity contribution in [2.75, 3.05) is 11.4 Å². The predicted molar refractivity (Wildman–Crippen MR) is 113 cm³/mol. The predicted octanol–water partition coefficient (Wildman–Crippen LogP) is 6.43. The zero-order chi connectivity index (χ0) is 18.4. The van der Waals surface area contributed by atoms with Gasteiger partial charge in [0.25, 0.3) is 0 Å². The van der Waals surface area contributed by atoms with Crippen molar-refractivity contribution in [3.8, 4) is 0 Å². The van der Waals surface area contributed by atoms with E-state index in [0.29, 0.717) is 0 Å². The summed E-state index contributed by atoms with van der Waals surface area (Å²) in [7, 11) is 0. The molecule has 3 aromatic carbocycles. The molecule has 0 saturated carbocycles. The molecule has 0 atom stereocenters. The molecular formula is C23H23ClN2. The summed E-state index contributed by atoms with van der Waals surface area (Å²) in [6, 6.07) is 24.8. The molecule has 0 amide bonds. The van der Waals surface area contributed by atoms with Gasteiger partial charge in [0, 0.05) is 30.0 Å². The second-order valence-corrected chi connectivity index (χ2v) is 6.64. The number of anilines is 1. The molecule has 0 aromatic heterocycles. The third-order valence-corrected chi connectivity index (χ3v) is 4.86. The van der Waals surface area contributed by atoms with Crippen LogP contribution in [-0.2, 0) is 6.54 Å². The molecule has 0 aliphatic heterocycles. The Kier molecular flexibility index (Phi) is 6.08. The molecule has 0 heterocycles. The van der Waals surface area contributed by atoms with Crippen LogP contribution in [0, 0.1) is 6.92 Å². The minimum absolute atomic E-state index is 0.745. The summed E-state index contributed by atoms with van der Waals surface area (Å²) in [5, 5.41) is 0.745. The maximum Gasteiger partial charge on any atom is 0.0673 e. The second-order valence-electron chi connectivity index (χ2n) is 6.23. The number of benzene rings is 3. The van der Waals surface area contributed by atoms with Crippen LogP contribution < -0.4 is 4.90 Å². The topological polar surface area (TPSA) is 15.6 Å². The van der Waals surface area contributed by atoms with Gasteiger partial charge in [-0.3, -0.25) is 4.99 Å². The van der Waals surface area contributed by atoms with Crippen LogP contribution in [0.2, 0.25) is 5.02 Å². The van der Waals surface area contributed by atoms with Crippen LogP contribution in [0.1, 0.15) is 23.6 Å². The van der Waals surface area contributed by atoms with Crippen LogP contribution in [0.5, 0.6) is 0 Å². The average Bonchev–Trinajstić information content (AvgIpc) is 2.68. The van der Waals surface area contributed by atoms with Crippen molar-refractivity contribution in [2.24, 2.45) is 4.99 Å². The smallest absolute Gasteiger partial charge is 0.0673 e. The van der Waals surface area contributed by atoms with Gasteiger partial charge in [0.1, 0.15) is 0 Å². The first-order valence-electron chi connectivity index (χ1n) is 8.85. The van der Waals surface area contributed by atoms with Crippen LogP contribution in [0.4, 0.5) is 11.4 Å². The van der Waals surface area contributed by atoms with Gasteiger partial charge in [0.05, 0.1) is 5.69 Å². The highest BCUT2D eigenvalue weighted by Gasteiger charge is 2.05. The van der Waals surface area contributed by atoms with Gasteiger partial charge in [-0.2, -0.15) is 0 Å². The minimum atomic E-state index is 0.745. The molecule has 0 aliphatic carbocycles. The fraction of sp³-hybridized carbons (Fsp3) is 0.174. The minimum Gasteiger partial charge on any atom is -0.367 e. The summed E-state index contributed by atoms with van der Waals surface area (Å²) in [5.41, 5.74) is 5.51. The van der Waals surface area contributed by atoms with Crippen molar-refractivity contribution < 1.29 is 0 Å². The SMILES string of the molecule is CCN(Cc1ccccc1)c1ccc(C=Nc2cccc(Cl)c2C)cc1. The Morgan fingerprint density at radius 3 is 2.35 bits per heavy atom. The highest BCUT2D eigenvalue weighted by atomic mass is 35.5. The summed E-state index contributed by atoms with van der Waals surface area (Å²) in [6.07, 6.45) is 1.88. The second kappa shape index (κ2) is 8.68.